The first-order chi connectivity index (χ1) is 9.56. The van der Waals surface area contributed by atoms with Gasteiger partial charge >= 0.3 is 0 Å². The SMILES string of the molecule is CC1CN(C(=O)CCOc2ccc(F)cc2Cl)CCN1.Cl. The number of benzene rings is 1. The minimum Gasteiger partial charge on any atom is -0.491 e. The number of hydrogen-bond acceptors (Lipinski definition) is 3. The second-order valence-electron chi connectivity index (χ2n) is 4.87. The van der Waals surface area contributed by atoms with Crippen LogP contribution in [0.25, 0.3) is 0 Å². The lowest BCUT2D eigenvalue weighted by Crippen LogP contribution is -2.51. The molecule has 2 rings (SSSR count). The number of rotatable bonds is 4. The zero-order valence-corrected chi connectivity index (χ0v) is 13.3. The third kappa shape index (κ3) is 5.34. The molecule has 1 aliphatic rings. The Hall–Kier alpha value is -1.04. The van der Waals surface area contributed by atoms with Gasteiger partial charge < -0.3 is 15.0 Å². The van der Waals surface area contributed by atoms with E-state index in [1.165, 1.54) is 18.2 Å². The molecule has 1 aromatic carbocycles. The molecule has 1 unspecified atom stereocenters. The van der Waals surface area contributed by atoms with Crippen LogP contribution >= 0.6 is 24.0 Å². The smallest absolute Gasteiger partial charge is 0.226 e. The van der Waals surface area contributed by atoms with Crippen LogP contribution in [0.3, 0.4) is 0 Å². The molecule has 1 fully saturated rings. The maximum atomic E-state index is 12.9. The second kappa shape index (κ2) is 8.41. The standard InChI is InChI=1S/C14H18ClFN2O2.ClH/c1-10-9-18(6-5-17-10)14(19)4-7-20-13-3-2-11(16)8-12(13)15;/h2-3,8,10,17H,4-7,9H2,1H3;1H. The Balaban J connectivity index is 0.00000220. The summed E-state index contributed by atoms with van der Waals surface area (Å²) >= 11 is 5.84. The largest absolute Gasteiger partial charge is 0.491 e. The average Bonchev–Trinajstić information content (AvgIpc) is 2.41. The topological polar surface area (TPSA) is 41.6 Å². The first-order valence-corrected chi connectivity index (χ1v) is 7.03. The van der Waals surface area contributed by atoms with E-state index in [1.807, 2.05) is 11.8 Å². The fraction of sp³-hybridized carbons (Fsp3) is 0.500. The van der Waals surface area contributed by atoms with Gasteiger partial charge in [0.05, 0.1) is 18.1 Å². The van der Waals surface area contributed by atoms with Crippen molar-refractivity contribution in [2.75, 3.05) is 26.2 Å². The van der Waals surface area contributed by atoms with E-state index < -0.39 is 5.82 Å². The minimum absolute atomic E-state index is 0. The summed E-state index contributed by atoms with van der Waals surface area (Å²) in [6.07, 6.45) is 0.292. The van der Waals surface area contributed by atoms with Crippen molar-refractivity contribution in [2.45, 2.75) is 19.4 Å². The summed E-state index contributed by atoms with van der Waals surface area (Å²) in [5, 5.41) is 3.50. The van der Waals surface area contributed by atoms with Gasteiger partial charge in [0.2, 0.25) is 5.91 Å². The molecular weight excluding hydrogens is 318 g/mol. The first kappa shape index (κ1) is 18.0. The highest BCUT2D eigenvalue weighted by molar-refractivity contribution is 6.32. The summed E-state index contributed by atoms with van der Waals surface area (Å²) in [6.45, 7) is 4.55. The molecule has 1 aromatic rings. The highest BCUT2D eigenvalue weighted by atomic mass is 35.5. The van der Waals surface area contributed by atoms with Crippen LogP contribution in [0.4, 0.5) is 4.39 Å². The summed E-state index contributed by atoms with van der Waals surface area (Å²) < 4.78 is 18.3. The number of nitrogens with zero attached hydrogens (tertiary/aromatic N) is 1. The molecule has 1 saturated heterocycles. The molecule has 1 aliphatic heterocycles. The minimum atomic E-state index is -0.409. The average molecular weight is 337 g/mol. The number of nitrogens with one attached hydrogen (secondary N) is 1. The van der Waals surface area contributed by atoms with E-state index in [1.54, 1.807) is 0 Å². The second-order valence-corrected chi connectivity index (χ2v) is 5.28. The molecule has 1 atom stereocenters. The Bertz CT molecular complexity index is 488. The Morgan fingerprint density at radius 3 is 3.00 bits per heavy atom. The van der Waals surface area contributed by atoms with E-state index in [-0.39, 0.29) is 29.9 Å². The summed E-state index contributed by atoms with van der Waals surface area (Å²) in [6, 6.07) is 4.26. The molecule has 0 aliphatic carbocycles. The van der Waals surface area contributed by atoms with E-state index in [4.69, 9.17) is 16.3 Å². The van der Waals surface area contributed by atoms with Crippen LogP contribution in [0, 0.1) is 5.82 Å². The monoisotopic (exact) mass is 336 g/mol. The zero-order valence-electron chi connectivity index (χ0n) is 11.8. The predicted octanol–water partition coefficient (Wildman–Crippen LogP) is 2.49. The van der Waals surface area contributed by atoms with Gasteiger partial charge in [-0.2, -0.15) is 0 Å². The molecule has 1 amide bonds. The fourth-order valence-electron chi connectivity index (χ4n) is 2.16. The van der Waals surface area contributed by atoms with Gasteiger partial charge in [0.25, 0.3) is 0 Å². The van der Waals surface area contributed by atoms with Gasteiger partial charge in [-0.05, 0) is 25.1 Å². The summed E-state index contributed by atoms with van der Waals surface area (Å²) in [4.78, 5) is 13.8. The molecule has 1 heterocycles. The quantitative estimate of drug-likeness (QED) is 0.918. The van der Waals surface area contributed by atoms with E-state index in [0.717, 1.165) is 19.6 Å². The third-order valence-electron chi connectivity index (χ3n) is 3.19. The molecule has 0 radical (unpaired) electrons. The van der Waals surface area contributed by atoms with Crippen molar-refractivity contribution in [3.05, 3.63) is 29.0 Å². The van der Waals surface area contributed by atoms with Gasteiger partial charge in [0.1, 0.15) is 11.6 Å². The molecular formula is C14H19Cl2FN2O2. The summed E-state index contributed by atoms with van der Waals surface area (Å²) in [7, 11) is 0. The normalized spacial score (nSPS) is 18.0. The van der Waals surface area contributed by atoms with E-state index in [0.29, 0.717) is 18.2 Å². The van der Waals surface area contributed by atoms with Crippen molar-refractivity contribution in [1.29, 1.82) is 0 Å². The summed E-state index contributed by atoms with van der Waals surface area (Å²) in [5.74, 6) is 0.0550. The highest BCUT2D eigenvalue weighted by Crippen LogP contribution is 2.24. The van der Waals surface area contributed by atoms with Gasteiger partial charge in [-0.15, -0.1) is 12.4 Å². The van der Waals surface area contributed by atoms with Crippen molar-refractivity contribution in [3.63, 3.8) is 0 Å². The third-order valence-corrected chi connectivity index (χ3v) is 3.48. The van der Waals surface area contributed by atoms with Gasteiger partial charge in [-0.1, -0.05) is 11.6 Å². The van der Waals surface area contributed by atoms with Gasteiger partial charge in [0, 0.05) is 25.7 Å². The first-order valence-electron chi connectivity index (χ1n) is 6.65. The highest BCUT2D eigenvalue weighted by Gasteiger charge is 2.20. The lowest BCUT2D eigenvalue weighted by Gasteiger charge is -2.31. The number of ether oxygens (including phenoxy) is 1. The molecule has 0 saturated carbocycles. The molecule has 1 N–H and O–H groups in total. The van der Waals surface area contributed by atoms with Crippen molar-refractivity contribution in [2.24, 2.45) is 0 Å². The van der Waals surface area contributed by atoms with Crippen LogP contribution < -0.4 is 10.1 Å². The Kier molecular flexibility index (Phi) is 7.22. The molecule has 118 valence electrons. The van der Waals surface area contributed by atoms with E-state index >= 15 is 0 Å². The number of hydrogen-bond donors (Lipinski definition) is 1. The predicted molar refractivity (Wildman–Crippen MR) is 82.8 cm³/mol. The Morgan fingerprint density at radius 1 is 1.57 bits per heavy atom. The van der Waals surface area contributed by atoms with Crippen LogP contribution in [0.1, 0.15) is 13.3 Å². The Labute approximate surface area is 135 Å². The van der Waals surface area contributed by atoms with Crippen molar-refractivity contribution in [1.82, 2.24) is 10.2 Å². The number of piperazine rings is 1. The van der Waals surface area contributed by atoms with Crippen LogP contribution in [-0.2, 0) is 4.79 Å². The number of halogens is 3. The van der Waals surface area contributed by atoms with E-state index in [9.17, 15) is 9.18 Å². The van der Waals surface area contributed by atoms with Gasteiger partial charge in [0.15, 0.2) is 0 Å². The van der Waals surface area contributed by atoms with Crippen LogP contribution in [0.2, 0.25) is 5.02 Å². The molecule has 0 aromatic heterocycles. The van der Waals surface area contributed by atoms with Gasteiger partial charge in [-0.25, -0.2) is 4.39 Å². The lowest BCUT2D eigenvalue weighted by molar-refractivity contribution is -0.132. The van der Waals surface area contributed by atoms with Crippen LogP contribution in [0.15, 0.2) is 18.2 Å². The Morgan fingerprint density at radius 2 is 2.33 bits per heavy atom. The van der Waals surface area contributed by atoms with E-state index in [2.05, 4.69) is 5.32 Å². The maximum absolute atomic E-state index is 12.9. The maximum Gasteiger partial charge on any atom is 0.226 e. The van der Waals surface area contributed by atoms with Crippen LogP contribution in [-0.4, -0.2) is 43.1 Å². The van der Waals surface area contributed by atoms with Crippen LogP contribution in [0.5, 0.6) is 5.75 Å². The van der Waals surface area contributed by atoms with Crippen molar-refractivity contribution < 1.29 is 13.9 Å². The van der Waals surface area contributed by atoms with Crippen molar-refractivity contribution in [3.8, 4) is 5.75 Å². The number of amides is 1. The molecule has 21 heavy (non-hydrogen) atoms. The fourth-order valence-corrected chi connectivity index (χ4v) is 2.38. The molecule has 4 nitrogen and oxygen atoms in total. The lowest BCUT2D eigenvalue weighted by atomic mass is 10.2. The zero-order chi connectivity index (χ0) is 14.5. The molecule has 0 spiro atoms. The number of carbonyl (C=O) groups excluding carboxylic acids is 1. The molecule has 0 bridgehead atoms. The van der Waals surface area contributed by atoms with Gasteiger partial charge in [-0.3, -0.25) is 4.79 Å². The summed E-state index contributed by atoms with van der Waals surface area (Å²) in [5.41, 5.74) is 0. The van der Waals surface area contributed by atoms with Crippen molar-refractivity contribution >= 4 is 29.9 Å². The number of carbonyl (C=O) groups is 1. The molecule has 7 heteroatoms.